The van der Waals surface area contributed by atoms with Crippen LogP contribution in [-0.4, -0.2) is 47.5 Å². The van der Waals surface area contributed by atoms with Crippen molar-refractivity contribution in [1.82, 2.24) is 20.8 Å². The molecule has 0 amide bonds. The highest BCUT2D eigenvalue weighted by Crippen LogP contribution is 2.14. The van der Waals surface area contributed by atoms with Crippen LogP contribution in [0.4, 0.5) is 0 Å². The average molecular weight is 375 g/mol. The van der Waals surface area contributed by atoms with Crippen LogP contribution >= 0.6 is 0 Å². The zero-order valence-corrected chi connectivity index (χ0v) is 16.2. The molecule has 2 aromatic rings. The van der Waals surface area contributed by atoms with Gasteiger partial charge in [-0.2, -0.15) is 4.98 Å². The number of guanidine groups is 1. The van der Waals surface area contributed by atoms with Gasteiger partial charge in [-0.1, -0.05) is 35.5 Å². The van der Waals surface area contributed by atoms with Gasteiger partial charge < -0.3 is 25.0 Å². The van der Waals surface area contributed by atoms with Crippen LogP contribution in [0.15, 0.2) is 39.8 Å². The second-order valence-corrected chi connectivity index (χ2v) is 6.01. The van der Waals surface area contributed by atoms with Crippen LogP contribution in [0.3, 0.4) is 0 Å². The average Bonchev–Trinajstić information content (AvgIpc) is 3.17. The summed E-state index contributed by atoms with van der Waals surface area (Å²) in [6.07, 6.45) is -0.209. The van der Waals surface area contributed by atoms with Crippen molar-refractivity contribution >= 4 is 5.96 Å². The lowest BCUT2D eigenvalue weighted by molar-refractivity contribution is 0.0683. The van der Waals surface area contributed by atoms with Crippen molar-refractivity contribution in [2.45, 2.75) is 39.3 Å². The number of ether oxygens (including phenoxy) is 1. The molecule has 0 aliphatic heterocycles. The summed E-state index contributed by atoms with van der Waals surface area (Å²) in [5.74, 6) is 1.56. The molecule has 3 N–H and O–H groups in total. The minimum absolute atomic E-state index is 0.0166. The van der Waals surface area contributed by atoms with Crippen molar-refractivity contribution in [3.05, 3.63) is 47.6 Å². The van der Waals surface area contributed by atoms with Gasteiger partial charge in [0.2, 0.25) is 5.89 Å². The number of nitrogens with one attached hydrogen (secondary N) is 2. The lowest BCUT2D eigenvalue weighted by Crippen LogP contribution is -2.39. The molecule has 1 aromatic carbocycles. The van der Waals surface area contributed by atoms with Crippen LogP contribution in [0, 0.1) is 0 Å². The Bertz CT molecular complexity index is 690. The normalized spacial score (nSPS) is 14.0. The maximum Gasteiger partial charge on any atom is 0.248 e. The Kier molecular flexibility index (Phi) is 8.73. The van der Waals surface area contributed by atoms with Gasteiger partial charge in [-0.3, -0.25) is 0 Å². The van der Waals surface area contributed by atoms with Gasteiger partial charge in [-0.15, -0.1) is 0 Å². The number of rotatable bonds is 10. The van der Waals surface area contributed by atoms with E-state index in [0.29, 0.717) is 30.8 Å². The lowest BCUT2D eigenvalue weighted by Gasteiger charge is -2.17. The molecule has 0 spiro atoms. The minimum Gasteiger partial charge on any atom is -0.396 e. The highest BCUT2D eigenvalue weighted by molar-refractivity contribution is 5.79. The molecule has 0 aliphatic rings. The molecule has 0 saturated carbocycles. The Morgan fingerprint density at radius 3 is 2.70 bits per heavy atom. The molecule has 1 heterocycles. The highest BCUT2D eigenvalue weighted by Gasteiger charge is 2.14. The van der Waals surface area contributed by atoms with Gasteiger partial charge in [0.05, 0.1) is 6.61 Å². The third-order valence-corrected chi connectivity index (χ3v) is 3.99. The van der Waals surface area contributed by atoms with E-state index in [0.717, 1.165) is 12.1 Å². The number of aliphatic hydroxyl groups excluding tert-OH is 1. The van der Waals surface area contributed by atoms with Gasteiger partial charge in [-0.05, 0) is 26.3 Å². The van der Waals surface area contributed by atoms with Crippen molar-refractivity contribution in [1.29, 1.82) is 0 Å². The van der Waals surface area contributed by atoms with Crippen molar-refractivity contribution in [3.63, 3.8) is 0 Å². The summed E-state index contributed by atoms with van der Waals surface area (Å²) in [7, 11) is 0. The number of aromatic nitrogens is 2. The van der Waals surface area contributed by atoms with E-state index in [1.54, 1.807) is 0 Å². The van der Waals surface area contributed by atoms with Gasteiger partial charge in [0, 0.05) is 25.6 Å². The molecule has 0 bridgehead atoms. The van der Waals surface area contributed by atoms with E-state index in [1.165, 1.54) is 0 Å². The number of hydrogen-bond acceptors (Lipinski definition) is 6. The van der Waals surface area contributed by atoms with E-state index < -0.39 is 0 Å². The molecule has 2 atom stereocenters. The molecular formula is C19H29N5O3. The summed E-state index contributed by atoms with van der Waals surface area (Å²) in [5.41, 5.74) is 1.08. The first-order valence-electron chi connectivity index (χ1n) is 9.29. The largest absolute Gasteiger partial charge is 0.396 e. The van der Waals surface area contributed by atoms with Crippen molar-refractivity contribution in [2.24, 2.45) is 4.99 Å². The third-order valence-electron chi connectivity index (χ3n) is 3.99. The molecule has 1 aromatic heterocycles. The maximum atomic E-state index is 9.68. The Hall–Kier alpha value is -2.45. The van der Waals surface area contributed by atoms with E-state index in [-0.39, 0.29) is 25.2 Å². The quantitative estimate of drug-likeness (QED) is 0.431. The van der Waals surface area contributed by atoms with Crippen molar-refractivity contribution < 1.29 is 14.4 Å². The van der Waals surface area contributed by atoms with Crippen molar-refractivity contribution in [3.8, 4) is 0 Å². The predicted octanol–water partition coefficient (Wildman–Crippen LogP) is 2.00. The number of nitrogens with zero attached hydrogens (tertiary/aromatic N) is 3. The number of aliphatic hydroxyl groups is 1. The maximum absolute atomic E-state index is 9.68. The fourth-order valence-electron chi connectivity index (χ4n) is 2.54. The van der Waals surface area contributed by atoms with E-state index in [4.69, 9.17) is 9.26 Å². The molecular weight excluding hydrogens is 346 g/mol. The summed E-state index contributed by atoms with van der Waals surface area (Å²) in [6.45, 7) is 7.98. The molecule has 0 fully saturated rings. The molecule has 148 valence electrons. The Balaban J connectivity index is 1.95. The first-order chi connectivity index (χ1) is 13.2. The Morgan fingerprint density at radius 1 is 1.26 bits per heavy atom. The zero-order valence-electron chi connectivity index (χ0n) is 16.2. The van der Waals surface area contributed by atoms with Crippen LogP contribution in [0.5, 0.6) is 0 Å². The lowest BCUT2D eigenvalue weighted by atomic mass is 10.0. The molecule has 27 heavy (non-hydrogen) atoms. The van der Waals surface area contributed by atoms with E-state index in [2.05, 4.69) is 25.8 Å². The molecule has 8 nitrogen and oxygen atoms in total. The van der Waals surface area contributed by atoms with Crippen LogP contribution in [0.25, 0.3) is 0 Å². The number of benzene rings is 1. The van der Waals surface area contributed by atoms with E-state index >= 15 is 0 Å². The highest BCUT2D eigenvalue weighted by atomic mass is 16.5. The summed E-state index contributed by atoms with van der Waals surface area (Å²) < 4.78 is 10.7. The Morgan fingerprint density at radius 2 is 2.04 bits per heavy atom. The molecule has 8 heteroatoms. The summed E-state index contributed by atoms with van der Waals surface area (Å²) in [4.78, 5) is 8.79. The summed E-state index contributed by atoms with van der Waals surface area (Å²) in [6, 6.07) is 9.90. The third kappa shape index (κ3) is 6.65. The molecule has 2 unspecified atom stereocenters. The van der Waals surface area contributed by atoms with Crippen LogP contribution < -0.4 is 10.6 Å². The fourth-order valence-corrected chi connectivity index (χ4v) is 2.54. The van der Waals surface area contributed by atoms with Gasteiger partial charge in [-0.25, -0.2) is 4.99 Å². The molecule has 0 saturated heterocycles. The van der Waals surface area contributed by atoms with Gasteiger partial charge in [0.25, 0.3) is 0 Å². The van der Waals surface area contributed by atoms with Gasteiger partial charge >= 0.3 is 0 Å². The SMILES string of the molecule is CCNC(=NCc1nc(C(C)OCC)no1)NCC(CO)c1ccccc1. The molecule has 2 rings (SSSR count). The predicted molar refractivity (Wildman–Crippen MR) is 103 cm³/mol. The first-order valence-corrected chi connectivity index (χ1v) is 9.29. The van der Waals surface area contributed by atoms with Crippen molar-refractivity contribution in [2.75, 3.05) is 26.3 Å². The standard InChI is InChI=1S/C19H29N5O3/c1-4-20-19(21-11-16(13-25)15-9-7-6-8-10-15)22-12-17-23-18(24-27-17)14(3)26-5-2/h6-10,14,16,25H,4-5,11-13H2,1-3H3,(H2,20,21,22). The molecule has 0 radical (unpaired) electrons. The zero-order chi connectivity index (χ0) is 19.5. The van der Waals surface area contributed by atoms with Gasteiger partial charge in [0.1, 0.15) is 12.6 Å². The fraction of sp³-hybridized carbons (Fsp3) is 0.526. The topological polar surface area (TPSA) is 105 Å². The van der Waals surface area contributed by atoms with Crippen LogP contribution in [-0.2, 0) is 11.3 Å². The second kappa shape index (κ2) is 11.3. The monoisotopic (exact) mass is 375 g/mol. The number of hydrogen-bond donors (Lipinski definition) is 3. The van der Waals surface area contributed by atoms with E-state index in [9.17, 15) is 5.11 Å². The first kappa shape index (κ1) is 20.9. The summed E-state index contributed by atoms with van der Waals surface area (Å²) >= 11 is 0. The smallest absolute Gasteiger partial charge is 0.248 e. The second-order valence-electron chi connectivity index (χ2n) is 6.01. The number of aliphatic imine (C=N–C) groups is 1. The van der Waals surface area contributed by atoms with Crippen LogP contribution in [0.2, 0.25) is 0 Å². The van der Waals surface area contributed by atoms with Crippen LogP contribution in [0.1, 0.15) is 50.1 Å². The van der Waals surface area contributed by atoms with Gasteiger partial charge in [0.15, 0.2) is 11.8 Å². The van der Waals surface area contributed by atoms with E-state index in [1.807, 2.05) is 51.1 Å². The summed E-state index contributed by atoms with van der Waals surface area (Å²) in [5, 5.41) is 20.0. The minimum atomic E-state index is -0.209. The molecule has 0 aliphatic carbocycles. The Labute approximate surface area is 160 Å².